The summed E-state index contributed by atoms with van der Waals surface area (Å²) in [6.07, 6.45) is 2.69. The molecule has 0 saturated carbocycles. The predicted molar refractivity (Wildman–Crippen MR) is 77.7 cm³/mol. The van der Waals surface area contributed by atoms with Crippen molar-refractivity contribution in [2.24, 2.45) is 0 Å². The smallest absolute Gasteiger partial charge is 0.238 e. The molecule has 1 aromatic carbocycles. The number of sulfonamides is 1. The van der Waals surface area contributed by atoms with Gasteiger partial charge in [-0.1, -0.05) is 18.2 Å². The van der Waals surface area contributed by atoms with Crippen molar-refractivity contribution >= 4 is 15.9 Å². The third-order valence-electron chi connectivity index (χ3n) is 3.58. The number of halogens is 1. The molecule has 1 heterocycles. The molecule has 0 unspecified atom stereocenters. The van der Waals surface area contributed by atoms with Crippen molar-refractivity contribution in [2.45, 2.75) is 25.3 Å². The van der Waals surface area contributed by atoms with Crippen LogP contribution in [0.15, 0.2) is 24.3 Å². The van der Waals surface area contributed by atoms with Crippen LogP contribution in [-0.2, 0) is 21.2 Å². The van der Waals surface area contributed by atoms with E-state index < -0.39 is 16.1 Å². The van der Waals surface area contributed by atoms with Gasteiger partial charge in [-0.3, -0.25) is 4.79 Å². The fourth-order valence-electron chi connectivity index (χ4n) is 2.54. The monoisotopic (exact) mass is 314 g/mol. The van der Waals surface area contributed by atoms with Crippen LogP contribution in [0.5, 0.6) is 0 Å². The first-order chi connectivity index (χ1) is 9.89. The standard InChI is InChI=1S/C14H19FN2O3S/c1-21(19,20)17-10-4-7-13(17)14(18)16-9-8-11-5-2-3-6-12(11)15/h2-3,5-6,13H,4,7-10H2,1H3,(H,16,18)/t13-/m1/s1. The maximum Gasteiger partial charge on any atom is 0.238 e. The van der Waals surface area contributed by atoms with E-state index in [1.54, 1.807) is 18.2 Å². The Labute approximate surface area is 124 Å². The van der Waals surface area contributed by atoms with Gasteiger partial charge in [-0.2, -0.15) is 4.31 Å². The maximum atomic E-state index is 13.4. The van der Waals surface area contributed by atoms with Crippen molar-refractivity contribution in [3.8, 4) is 0 Å². The second-order valence-corrected chi connectivity index (χ2v) is 7.10. The Kier molecular flexibility index (Phi) is 4.95. The highest BCUT2D eigenvalue weighted by Gasteiger charge is 2.36. The van der Waals surface area contributed by atoms with Crippen LogP contribution in [0.25, 0.3) is 0 Å². The molecule has 116 valence electrons. The van der Waals surface area contributed by atoms with Crippen molar-refractivity contribution in [2.75, 3.05) is 19.3 Å². The second kappa shape index (κ2) is 6.53. The van der Waals surface area contributed by atoms with Crippen LogP contribution in [-0.4, -0.2) is 44.0 Å². The minimum Gasteiger partial charge on any atom is -0.354 e. The van der Waals surface area contributed by atoms with Gasteiger partial charge >= 0.3 is 0 Å². The molecule has 0 aromatic heterocycles. The summed E-state index contributed by atoms with van der Waals surface area (Å²) in [4.78, 5) is 12.1. The van der Waals surface area contributed by atoms with E-state index in [4.69, 9.17) is 0 Å². The third-order valence-corrected chi connectivity index (χ3v) is 4.87. The summed E-state index contributed by atoms with van der Waals surface area (Å²) < 4.78 is 37.8. The summed E-state index contributed by atoms with van der Waals surface area (Å²) in [6, 6.07) is 5.75. The van der Waals surface area contributed by atoms with Crippen LogP contribution in [0.3, 0.4) is 0 Å². The second-order valence-electron chi connectivity index (χ2n) is 5.16. The lowest BCUT2D eigenvalue weighted by atomic mass is 10.1. The Morgan fingerprint density at radius 2 is 2.14 bits per heavy atom. The average molecular weight is 314 g/mol. The van der Waals surface area contributed by atoms with Gasteiger partial charge in [0.2, 0.25) is 15.9 Å². The van der Waals surface area contributed by atoms with Crippen molar-refractivity contribution in [3.05, 3.63) is 35.6 Å². The van der Waals surface area contributed by atoms with Crippen molar-refractivity contribution in [3.63, 3.8) is 0 Å². The number of amides is 1. The molecule has 0 aliphatic carbocycles. The summed E-state index contributed by atoms with van der Waals surface area (Å²) in [7, 11) is -3.37. The minimum atomic E-state index is -3.37. The topological polar surface area (TPSA) is 66.5 Å². The highest BCUT2D eigenvalue weighted by atomic mass is 32.2. The molecule has 1 fully saturated rings. The molecule has 0 bridgehead atoms. The Morgan fingerprint density at radius 1 is 1.43 bits per heavy atom. The Morgan fingerprint density at radius 3 is 2.81 bits per heavy atom. The molecule has 0 spiro atoms. The molecule has 1 aliphatic heterocycles. The van der Waals surface area contributed by atoms with E-state index in [0.29, 0.717) is 31.4 Å². The van der Waals surface area contributed by atoms with Gasteiger partial charge in [-0.25, -0.2) is 12.8 Å². The van der Waals surface area contributed by atoms with Crippen molar-refractivity contribution in [1.29, 1.82) is 0 Å². The van der Waals surface area contributed by atoms with Gasteiger partial charge in [0.1, 0.15) is 11.9 Å². The number of rotatable bonds is 5. The normalized spacial score (nSPS) is 19.6. The van der Waals surface area contributed by atoms with Gasteiger partial charge in [-0.15, -0.1) is 0 Å². The molecule has 1 saturated heterocycles. The zero-order valence-corrected chi connectivity index (χ0v) is 12.7. The van der Waals surface area contributed by atoms with Crippen molar-refractivity contribution in [1.82, 2.24) is 9.62 Å². The van der Waals surface area contributed by atoms with Crippen molar-refractivity contribution < 1.29 is 17.6 Å². The number of benzene rings is 1. The SMILES string of the molecule is CS(=O)(=O)N1CCC[C@@H]1C(=O)NCCc1ccccc1F. The first-order valence-corrected chi connectivity index (χ1v) is 8.72. The first-order valence-electron chi connectivity index (χ1n) is 6.87. The van der Waals surface area contributed by atoms with E-state index in [0.717, 1.165) is 6.26 Å². The molecular weight excluding hydrogens is 295 g/mol. The summed E-state index contributed by atoms with van der Waals surface area (Å²) in [6.45, 7) is 0.665. The Balaban J connectivity index is 1.89. The number of hydrogen-bond acceptors (Lipinski definition) is 3. The van der Waals surface area contributed by atoms with Crippen LogP contribution < -0.4 is 5.32 Å². The fourth-order valence-corrected chi connectivity index (χ4v) is 3.66. The highest BCUT2D eigenvalue weighted by molar-refractivity contribution is 7.88. The number of nitrogens with zero attached hydrogens (tertiary/aromatic N) is 1. The molecule has 1 aliphatic rings. The maximum absolute atomic E-state index is 13.4. The molecule has 1 N–H and O–H groups in total. The zero-order chi connectivity index (χ0) is 15.5. The van der Waals surface area contributed by atoms with Crippen LogP contribution in [0.4, 0.5) is 4.39 Å². The van der Waals surface area contributed by atoms with E-state index in [2.05, 4.69) is 5.32 Å². The zero-order valence-electron chi connectivity index (χ0n) is 11.9. The minimum absolute atomic E-state index is 0.286. The van der Waals surface area contributed by atoms with E-state index in [9.17, 15) is 17.6 Å². The number of hydrogen-bond donors (Lipinski definition) is 1. The van der Waals surface area contributed by atoms with Gasteiger partial charge in [0.25, 0.3) is 0 Å². The summed E-state index contributed by atoms with van der Waals surface area (Å²) in [5, 5.41) is 2.69. The number of carbonyl (C=O) groups is 1. The van der Waals surface area contributed by atoms with E-state index in [1.165, 1.54) is 10.4 Å². The molecule has 1 atom stereocenters. The van der Waals surface area contributed by atoms with Gasteiger partial charge in [0, 0.05) is 13.1 Å². The van der Waals surface area contributed by atoms with Crippen LogP contribution in [0.1, 0.15) is 18.4 Å². The average Bonchev–Trinajstić information content (AvgIpc) is 2.90. The van der Waals surface area contributed by atoms with Gasteiger partial charge < -0.3 is 5.32 Å². The predicted octanol–water partition coefficient (Wildman–Crippen LogP) is 0.908. The molecular formula is C14H19FN2O3S. The third kappa shape index (κ3) is 4.01. The summed E-state index contributed by atoms with van der Waals surface area (Å²) in [5.41, 5.74) is 0.532. The molecule has 1 amide bonds. The van der Waals surface area contributed by atoms with E-state index in [-0.39, 0.29) is 18.3 Å². The lowest BCUT2D eigenvalue weighted by molar-refractivity contribution is -0.124. The van der Waals surface area contributed by atoms with E-state index >= 15 is 0 Å². The Bertz CT molecular complexity index is 618. The molecule has 2 rings (SSSR count). The lowest BCUT2D eigenvalue weighted by Gasteiger charge is -2.21. The molecule has 0 radical (unpaired) electrons. The summed E-state index contributed by atoms with van der Waals surface area (Å²) in [5.74, 6) is -0.611. The quantitative estimate of drug-likeness (QED) is 0.878. The molecule has 7 heteroatoms. The van der Waals surface area contributed by atoms with Crippen LogP contribution in [0, 0.1) is 5.82 Å². The molecule has 1 aromatic rings. The lowest BCUT2D eigenvalue weighted by Crippen LogP contribution is -2.45. The molecule has 5 nitrogen and oxygen atoms in total. The largest absolute Gasteiger partial charge is 0.354 e. The van der Waals surface area contributed by atoms with Gasteiger partial charge in [0.15, 0.2) is 0 Å². The van der Waals surface area contributed by atoms with E-state index in [1.807, 2.05) is 0 Å². The van der Waals surface area contributed by atoms with Crippen LogP contribution in [0.2, 0.25) is 0 Å². The number of nitrogens with one attached hydrogen (secondary N) is 1. The number of carbonyl (C=O) groups excluding carboxylic acids is 1. The first kappa shape index (κ1) is 15.9. The fraction of sp³-hybridized carbons (Fsp3) is 0.500. The van der Waals surface area contributed by atoms with Gasteiger partial charge in [-0.05, 0) is 30.9 Å². The molecule has 21 heavy (non-hydrogen) atoms. The highest BCUT2D eigenvalue weighted by Crippen LogP contribution is 2.20. The summed E-state index contributed by atoms with van der Waals surface area (Å²) >= 11 is 0. The van der Waals surface area contributed by atoms with Gasteiger partial charge in [0.05, 0.1) is 6.26 Å². The van der Waals surface area contributed by atoms with Crippen LogP contribution >= 0.6 is 0 Å². The Hall–Kier alpha value is -1.47.